The molecule has 15 heavy (non-hydrogen) atoms. The lowest BCUT2D eigenvalue weighted by Gasteiger charge is -2.20. The Balaban J connectivity index is 1.99. The van der Waals surface area contributed by atoms with E-state index in [0.29, 0.717) is 16.7 Å². The molecule has 2 bridgehead atoms. The number of ether oxygens (including phenoxy) is 1. The molecule has 0 aromatic carbocycles. The highest BCUT2D eigenvalue weighted by Crippen LogP contribution is 2.42. The van der Waals surface area contributed by atoms with Gasteiger partial charge in [0.15, 0.2) is 10.6 Å². The summed E-state index contributed by atoms with van der Waals surface area (Å²) in [6.45, 7) is -0.0823. The topological polar surface area (TPSA) is 63.1 Å². The third-order valence-corrected chi connectivity index (χ3v) is 3.61. The number of aromatic nitrogens is 3. The Morgan fingerprint density at radius 1 is 1.60 bits per heavy atom. The molecule has 0 saturated carbocycles. The minimum Gasteiger partial charge on any atom is -0.388 e. The van der Waals surface area contributed by atoms with Crippen LogP contribution in [-0.2, 0) is 11.3 Å². The molecule has 0 spiro atoms. The van der Waals surface area contributed by atoms with Gasteiger partial charge in [-0.2, -0.15) is 5.10 Å². The summed E-state index contributed by atoms with van der Waals surface area (Å²) in [6.07, 6.45) is 3.87. The second kappa shape index (κ2) is 3.40. The number of hydrogen-bond donors (Lipinski definition) is 2. The van der Waals surface area contributed by atoms with Gasteiger partial charge in [0.25, 0.3) is 0 Å². The second-order valence-corrected chi connectivity index (χ2v) is 4.54. The molecule has 3 heterocycles. The SMILES string of the molecule is OCc1n[nH]c(=S)n1C1CC2CCC1O2. The Morgan fingerprint density at radius 3 is 3.07 bits per heavy atom. The predicted octanol–water partition coefficient (Wildman–Crippen LogP) is 0.925. The van der Waals surface area contributed by atoms with E-state index in [1.165, 1.54) is 0 Å². The highest BCUT2D eigenvalue weighted by atomic mass is 32.1. The number of hydrogen-bond acceptors (Lipinski definition) is 4. The van der Waals surface area contributed by atoms with Crippen LogP contribution in [0.4, 0.5) is 0 Å². The van der Waals surface area contributed by atoms with Crippen molar-refractivity contribution >= 4 is 12.2 Å². The van der Waals surface area contributed by atoms with Crippen molar-refractivity contribution in [3.05, 3.63) is 10.6 Å². The molecular formula is C9H13N3O2S. The van der Waals surface area contributed by atoms with E-state index in [9.17, 15) is 5.11 Å². The molecule has 3 rings (SSSR count). The monoisotopic (exact) mass is 227 g/mol. The molecule has 0 aliphatic carbocycles. The smallest absolute Gasteiger partial charge is 0.195 e. The first-order valence-electron chi connectivity index (χ1n) is 5.21. The van der Waals surface area contributed by atoms with Crippen molar-refractivity contribution in [3.8, 4) is 0 Å². The molecular weight excluding hydrogens is 214 g/mol. The van der Waals surface area contributed by atoms with Crippen LogP contribution in [0.2, 0.25) is 0 Å². The van der Waals surface area contributed by atoms with Gasteiger partial charge in [0, 0.05) is 0 Å². The van der Waals surface area contributed by atoms with Crippen LogP contribution < -0.4 is 0 Å². The van der Waals surface area contributed by atoms with Crippen LogP contribution in [0.1, 0.15) is 31.1 Å². The van der Waals surface area contributed by atoms with Gasteiger partial charge < -0.3 is 9.84 Å². The number of nitrogens with one attached hydrogen (secondary N) is 1. The Morgan fingerprint density at radius 2 is 2.47 bits per heavy atom. The largest absolute Gasteiger partial charge is 0.388 e. The number of aliphatic hydroxyl groups excluding tert-OH is 1. The van der Waals surface area contributed by atoms with E-state index in [1.807, 2.05) is 4.57 Å². The van der Waals surface area contributed by atoms with Gasteiger partial charge in [-0.25, -0.2) is 0 Å². The summed E-state index contributed by atoms with van der Waals surface area (Å²) in [5.74, 6) is 0.612. The van der Waals surface area contributed by atoms with Crippen LogP contribution in [0.25, 0.3) is 0 Å². The van der Waals surface area contributed by atoms with E-state index < -0.39 is 0 Å². The Hall–Kier alpha value is -0.720. The molecule has 82 valence electrons. The number of nitrogens with zero attached hydrogens (tertiary/aromatic N) is 2. The number of fused-ring (bicyclic) bond motifs is 2. The summed E-state index contributed by atoms with van der Waals surface area (Å²) in [4.78, 5) is 0. The van der Waals surface area contributed by atoms with Gasteiger partial charge in [-0.05, 0) is 31.5 Å². The van der Waals surface area contributed by atoms with Crippen molar-refractivity contribution in [2.45, 2.75) is 44.1 Å². The van der Waals surface area contributed by atoms with Crippen molar-refractivity contribution < 1.29 is 9.84 Å². The molecule has 2 aliphatic rings. The molecule has 0 radical (unpaired) electrons. The third kappa shape index (κ3) is 1.36. The zero-order valence-electron chi connectivity index (χ0n) is 8.22. The molecule has 3 unspecified atom stereocenters. The first-order chi connectivity index (χ1) is 7.29. The highest BCUT2D eigenvalue weighted by molar-refractivity contribution is 7.71. The minimum atomic E-state index is -0.0823. The first kappa shape index (κ1) is 9.50. The number of aromatic amines is 1. The molecule has 1 aromatic heterocycles. The summed E-state index contributed by atoms with van der Waals surface area (Å²) in [5.41, 5.74) is 0. The van der Waals surface area contributed by atoms with Crippen LogP contribution in [0.3, 0.4) is 0 Å². The van der Waals surface area contributed by atoms with Crippen LogP contribution in [0, 0.1) is 4.77 Å². The standard InChI is InChI=1S/C9H13N3O2S/c13-4-8-10-11-9(15)12(8)6-3-5-1-2-7(6)14-5/h5-7,13H,1-4H2,(H,11,15). The average molecular weight is 227 g/mol. The lowest BCUT2D eigenvalue weighted by molar-refractivity contribution is 0.0926. The number of H-pyrrole nitrogens is 1. The van der Waals surface area contributed by atoms with Crippen molar-refractivity contribution in [3.63, 3.8) is 0 Å². The van der Waals surface area contributed by atoms with Crippen LogP contribution in [0.5, 0.6) is 0 Å². The fraction of sp³-hybridized carbons (Fsp3) is 0.778. The van der Waals surface area contributed by atoms with E-state index in [-0.39, 0.29) is 18.8 Å². The maximum absolute atomic E-state index is 9.17. The summed E-state index contributed by atoms with van der Waals surface area (Å²) in [5, 5.41) is 15.9. The van der Waals surface area contributed by atoms with E-state index >= 15 is 0 Å². The molecule has 2 N–H and O–H groups in total. The maximum Gasteiger partial charge on any atom is 0.195 e. The van der Waals surface area contributed by atoms with Crippen LogP contribution in [0.15, 0.2) is 0 Å². The molecule has 0 amide bonds. The summed E-state index contributed by atoms with van der Waals surface area (Å²) in [6, 6.07) is 0.261. The lowest BCUT2D eigenvalue weighted by Crippen LogP contribution is -2.22. The van der Waals surface area contributed by atoms with Gasteiger partial charge in [-0.1, -0.05) is 0 Å². The van der Waals surface area contributed by atoms with Gasteiger partial charge in [-0.15, -0.1) is 0 Å². The lowest BCUT2D eigenvalue weighted by atomic mass is 9.95. The third-order valence-electron chi connectivity index (χ3n) is 3.32. The zero-order chi connectivity index (χ0) is 10.4. The summed E-state index contributed by atoms with van der Waals surface area (Å²) >= 11 is 5.17. The molecule has 2 saturated heterocycles. The van der Waals surface area contributed by atoms with E-state index in [0.717, 1.165) is 19.3 Å². The highest BCUT2D eigenvalue weighted by Gasteiger charge is 2.42. The number of aliphatic hydroxyl groups is 1. The van der Waals surface area contributed by atoms with Gasteiger partial charge >= 0.3 is 0 Å². The van der Waals surface area contributed by atoms with Gasteiger partial charge in [-0.3, -0.25) is 9.67 Å². The van der Waals surface area contributed by atoms with Gasteiger partial charge in [0.2, 0.25) is 0 Å². The van der Waals surface area contributed by atoms with Crippen LogP contribution in [-0.4, -0.2) is 32.1 Å². The molecule has 2 fully saturated rings. The molecule has 3 atom stereocenters. The first-order valence-corrected chi connectivity index (χ1v) is 5.62. The molecule has 1 aromatic rings. The van der Waals surface area contributed by atoms with Crippen LogP contribution >= 0.6 is 12.2 Å². The molecule has 6 heteroatoms. The fourth-order valence-electron chi connectivity index (χ4n) is 2.67. The Kier molecular flexibility index (Phi) is 2.15. The normalized spacial score (nSPS) is 33.8. The predicted molar refractivity (Wildman–Crippen MR) is 54.9 cm³/mol. The van der Waals surface area contributed by atoms with E-state index in [1.54, 1.807) is 0 Å². The quantitative estimate of drug-likeness (QED) is 0.738. The van der Waals surface area contributed by atoms with Crippen molar-refractivity contribution in [1.29, 1.82) is 0 Å². The van der Waals surface area contributed by atoms with Crippen molar-refractivity contribution in [1.82, 2.24) is 14.8 Å². The fourth-order valence-corrected chi connectivity index (χ4v) is 2.96. The van der Waals surface area contributed by atoms with E-state index in [4.69, 9.17) is 17.0 Å². The Labute approximate surface area is 92.1 Å². The van der Waals surface area contributed by atoms with Gasteiger partial charge in [0.1, 0.15) is 6.61 Å². The number of rotatable bonds is 2. The van der Waals surface area contributed by atoms with Crippen molar-refractivity contribution in [2.75, 3.05) is 0 Å². The van der Waals surface area contributed by atoms with Crippen molar-refractivity contribution in [2.24, 2.45) is 0 Å². The summed E-state index contributed by atoms with van der Waals surface area (Å²) in [7, 11) is 0. The second-order valence-electron chi connectivity index (χ2n) is 4.15. The minimum absolute atomic E-state index is 0.0823. The average Bonchev–Trinajstić information content (AvgIpc) is 2.90. The zero-order valence-corrected chi connectivity index (χ0v) is 9.04. The van der Waals surface area contributed by atoms with E-state index in [2.05, 4.69) is 10.2 Å². The molecule has 5 nitrogen and oxygen atoms in total. The van der Waals surface area contributed by atoms with Gasteiger partial charge in [0.05, 0.1) is 18.2 Å². The summed E-state index contributed by atoms with van der Waals surface area (Å²) < 4.78 is 8.27. The maximum atomic E-state index is 9.17. The Bertz CT molecular complexity index is 427. The molecule has 2 aliphatic heterocycles.